The highest BCUT2D eigenvalue weighted by Crippen LogP contribution is 2.33. The number of hydrogen-bond acceptors (Lipinski definition) is 4. The van der Waals surface area contributed by atoms with Crippen LogP contribution in [-0.4, -0.2) is 40.4 Å². The largest absolute Gasteiger partial charge is 0.493 e. The van der Waals surface area contributed by atoms with E-state index in [1.165, 1.54) is 6.07 Å². The molecule has 1 aromatic heterocycles. The van der Waals surface area contributed by atoms with Crippen molar-refractivity contribution in [2.24, 2.45) is 0 Å². The number of carbonyl (C=O) groups is 2. The predicted octanol–water partition coefficient (Wildman–Crippen LogP) is 6.02. The molecule has 0 unspecified atom stereocenters. The molecule has 0 aliphatic carbocycles. The van der Waals surface area contributed by atoms with Crippen LogP contribution in [0, 0.1) is 5.82 Å². The van der Waals surface area contributed by atoms with Gasteiger partial charge in [0.15, 0.2) is 5.78 Å². The molecule has 6 nitrogen and oxygen atoms in total. The highest BCUT2D eigenvalue weighted by atomic mass is 19.1. The number of carbonyl (C=O) groups excluding carboxylic acids is 2. The molecule has 4 rings (SSSR count). The van der Waals surface area contributed by atoms with E-state index in [4.69, 9.17) is 4.74 Å². The normalized spacial score (nSPS) is 11.0. The van der Waals surface area contributed by atoms with Crippen LogP contribution < -0.4 is 4.74 Å². The number of nitrogens with one attached hydrogen (secondary N) is 1. The monoisotopic (exact) mass is 473 g/mol. The number of Topliss-reactive ketones (excluding diaryl/α,β-unsaturated/α-hetero) is 1. The number of aromatic nitrogens is 2. The molecule has 1 N–H and O–H groups in total. The van der Waals surface area contributed by atoms with Crippen LogP contribution in [0.15, 0.2) is 60.8 Å². The van der Waals surface area contributed by atoms with Crippen molar-refractivity contribution in [1.82, 2.24) is 15.1 Å². The van der Waals surface area contributed by atoms with Gasteiger partial charge in [-0.2, -0.15) is 5.10 Å². The van der Waals surface area contributed by atoms with Gasteiger partial charge >= 0.3 is 0 Å². The Balaban J connectivity index is 1.65. The molecule has 0 bridgehead atoms. The average molecular weight is 474 g/mol. The lowest BCUT2D eigenvalue weighted by Crippen LogP contribution is -2.26. The summed E-state index contributed by atoms with van der Waals surface area (Å²) >= 11 is 0. The lowest BCUT2D eigenvalue weighted by atomic mass is 9.98. The van der Waals surface area contributed by atoms with Crippen LogP contribution in [0.5, 0.6) is 5.75 Å². The number of H-pyrrole nitrogens is 1. The maximum absolute atomic E-state index is 14.2. The highest BCUT2D eigenvalue weighted by Gasteiger charge is 2.18. The summed E-state index contributed by atoms with van der Waals surface area (Å²) in [5.74, 6) is -0.447. The minimum absolute atomic E-state index is 0.0549. The van der Waals surface area contributed by atoms with E-state index in [1.807, 2.05) is 25.1 Å². The third-order valence-electron chi connectivity index (χ3n) is 5.91. The Morgan fingerprint density at radius 1 is 1.09 bits per heavy atom. The second kappa shape index (κ2) is 10.5. The molecule has 0 atom stereocenters. The maximum atomic E-state index is 14.2. The Labute approximate surface area is 203 Å². The Morgan fingerprint density at radius 2 is 1.91 bits per heavy atom. The Bertz CT molecular complexity index is 1380. The van der Waals surface area contributed by atoms with E-state index in [0.717, 1.165) is 22.9 Å². The van der Waals surface area contributed by atoms with Crippen molar-refractivity contribution in [3.8, 4) is 16.9 Å². The minimum Gasteiger partial charge on any atom is -0.493 e. The Hall–Kier alpha value is -4.00. The van der Waals surface area contributed by atoms with Gasteiger partial charge in [-0.05, 0) is 47.9 Å². The van der Waals surface area contributed by atoms with Crippen LogP contribution >= 0.6 is 0 Å². The number of amides is 1. The van der Waals surface area contributed by atoms with E-state index in [-0.39, 0.29) is 23.7 Å². The molecule has 0 saturated heterocycles. The molecule has 0 aliphatic heterocycles. The van der Waals surface area contributed by atoms with Gasteiger partial charge in [-0.3, -0.25) is 14.7 Å². The van der Waals surface area contributed by atoms with Gasteiger partial charge in [-0.1, -0.05) is 38.1 Å². The first kappa shape index (κ1) is 24.1. The number of hydrogen-bond donors (Lipinski definition) is 1. The standard InChI is InChI=1S/C28H28FN3O3/c1-4-13-35-26-15-19(9-11-22(26)18-10-12-24(29)23(14-18)25(33)5-2)28(34)32(3)17-21-8-6-7-20-16-30-31-27(20)21/h6-12,14-16H,4-5,13,17H2,1-3H3,(H,30,31). The summed E-state index contributed by atoms with van der Waals surface area (Å²) in [5, 5.41) is 8.07. The lowest BCUT2D eigenvalue weighted by Gasteiger charge is -2.19. The molecule has 0 radical (unpaired) electrons. The van der Waals surface area contributed by atoms with Crippen LogP contribution in [0.3, 0.4) is 0 Å². The van der Waals surface area contributed by atoms with Crippen molar-refractivity contribution in [1.29, 1.82) is 0 Å². The van der Waals surface area contributed by atoms with Gasteiger partial charge < -0.3 is 9.64 Å². The van der Waals surface area contributed by atoms with Crippen molar-refractivity contribution in [3.63, 3.8) is 0 Å². The van der Waals surface area contributed by atoms with E-state index in [1.54, 1.807) is 55.4 Å². The molecule has 0 saturated carbocycles. The van der Waals surface area contributed by atoms with Crippen LogP contribution in [0.25, 0.3) is 22.0 Å². The molecular formula is C28H28FN3O3. The third kappa shape index (κ3) is 5.09. The minimum atomic E-state index is -0.544. The fraction of sp³-hybridized carbons (Fsp3) is 0.250. The lowest BCUT2D eigenvalue weighted by molar-refractivity contribution is 0.0785. The SMILES string of the molecule is CCCOc1cc(C(=O)N(C)Cc2cccc3cn[nH]c23)ccc1-c1ccc(F)c(C(=O)CC)c1. The third-order valence-corrected chi connectivity index (χ3v) is 5.91. The average Bonchev–Trinajstić information content (AvgIpc) is 3.37. The van der Waals surface area contributed by atoms with Gasteiger partial charge in [-0.15, -0.1) is 0 Å². The van der Waals surface area contributed by atoms with E-state index in [2.05, 4.69) is 10.2 Å². The zero-order valence-electron chi connectivity index (χ0n) is 20.1. The molecule has 0 fully saturated rings. The van der Waals surface area contributed by atoms with Crippen molar-refractivity contribution < 1.29 is 18.7 Å². The first-order valence-corrected chi connectivity index (χ1v) is 11.7. The maximum Gasteiger partial charge on any atom is 0.254 e. The number of ether oxygens (including phenoxy) is 1. The summed E-state index contributed by atoms with van der Waals surface area (Å²) < 4.78 is 20.2. The summed E-state index contributed by atoms with van der Waals surface area (Å²) in [4.78, 5) is 27.1. The molecule has 0 spiro atoms. The number of fused-ring (bicyclic) bond motifs is 1. The topological polar surface area (TPSA) is 75.3 Å². The number of nitrogens with zero attached hydrogens (tertiary/aromatic N) is 2. The fourth-order valence-corrected chi connectivity index (χ4v) is 4.03. The molecule has 1 amide bonds. The summed E-state index contributed by atoms with van der Waals surface area (Å²) in [6.07, 6.45) is 2.76. The van der Waals surface area contributed by atoms with Gasteiger partial charge in [0.25, 0.3) is 5.91 Å². The van der Waals surface area contributed by atoms with E-state index >= 15 is 0 Å². The molecular weight excluding hydrogens is 445 g/mol. The molecule has 0 aliphatic rings. The number of para-hydroxylation sites is 1. The molecule has 180 valence electrons. The second-order valence-corrected chi connectivity index (χ2v) is 8.44. The van der Waals surface area contributed by atoms with Crippen LogP contribution in [0.4, 0.5) is 4.39 Å². The molecule has 4 aromatic rings. The highest BCUT2D eigenvalue weighted by molar-refractivity contribution is 5.98. The molecule has 7 heteroatoms. The summed E-state index contributed by atoms with van der Waals surface area (Å²) in [7, 11) is 1.75. The van der Waals surface area contributed by atoms with Crippen molar-refractivity contribution in [2.45, 2.75) is 33.2 Å². The van der Waals surface area contributed by atoms with Crippen LogP contribution in [0.1, 0.15) is 53.0 Å². The molecule has 1 heterocycles. The van der Waals surface area contributed by atoms with Crippen molar-refractivity contribution in [3.05, 3.63) is 83.3 Å². The van der Waals surface area contributed by atoms with Crippen molar-refractivity contribution >= 4 is 22.6 Å². The van der Waals surface area contributed by atoms with Crippen LogP contribution in [0.2, 0.25) is 0 Å². The number of aromatic amines is 1. The summed E-state index contributed by atoms with van der Waals surface area (Å²) in [6, 6.07) is 15.6. The Kier molecular flexibility index (Phi) is 7.25. The van der Waals surface area contributed by atoms with Crippen LogP contribution in [-0.2, 0) is 6.54 Å². The predicted molar refractivity (Wildman–Crippen MR) is 134 cm³/mol. The smallest absolute Gasteiger partial charge is 0.254 e. The fourth-order valence-electron chi connectivity index (χ4n) is 4.03. The van der Waals surface area contributed by atoms with E-state index < -0.39 is 5.82 Å². The zero-order valence-corrected chi connectivity index (χ0v) is 20.1. The Morgan fingerprint density at radius 3 is 2.69 bits per heavy atom. The first-order valence-electron chi connectivity index (χ1n) is 11.7. The van der Waals surface area contributed by atoms with E-state index in [0.29, 0.717) is 35.6 Å². The number of ketones is 1. The zero-order chi connectivity index (χ0) is 24.9. The van der Waals surface area contributed by atoms with Gasteiger partial charge in [0.2, 0.25) is 0 Å². The van der Waals surface area contributed by atoms with Gasteiger partial charge in [0.1, 0.15) is 11.6 Å². The molecule has 35 heavy (non-hydrogen) atoms. The first-order chi connectivity index (χ1) is 16.9. The molecule has 3 aromatic carbocycles. The second-order valence-electron chi connectivity index (χ2n) is 8.44. The number of rotatable bonds is 9. The summed E-state index contributed by atoms with van der Waals surface area (Å²) in [6.45, 7) is 4.57. The van der Waals surface area contributed by atoms with E-state index in [9.17, 15) is 14.0 Å². The number of halogens is 1. The quantitative estimate of drug-likeness (QED) is 0.302. The van der Waals surface area contributed by atoms with Gasteiger partial charge in [-0.25, -0.2) is 4.39 Å². The van der Waals surface area contributed by atoms with Gasteiger partial charge in [0, 0.05) is 36.5 Å². The summed E-state index contributed by atoms with van der Waals surface area (Å²) in [5.41, 5.74) is 3.76. The van der Waals surface area contributed by atoms with Crippen molar-refractivity contribution in [2.75, 3.05) is 13.7 Å². The van der Waals surface area contributed by atoms with Gasteiger partial charge in [0.05, 0.1) is 23.9 Å². The number of benzene rings is 3.